The predicted molar refractivity (Wildman–Crippen MR) is 60.5 cm³/mol. The van der Waals surface area contributed by atoms with Crippen molar-refractivity contribution >= 4 is 11.6 Å². The van der Waals surface area contributed by atoms with E-state index in [9.17, 15) is 14.9 Å². The summed E-state index contributed by atoms with van der Waals surface area (Å²) >= 11 is 0. The van der Waals surface area contributed by atoms with Gasteiger partial charge in [0, 0.05) is 5.92 Å². The Kier molecular flexibility index (Phi) is 3.51. The van der Waals surface area contributed by atoms with Gasteiger partial charge >= 0.3 is 5.82 Å². The van der Waals surface area contributed by atoms with Gasteiger partial charge in [-0.1, -0.05) is 19.3 Å². The maximum absolute atomic E-state index is 11.9. The Morgan fingerprint density at radius 1 is 1.47 bits per heavy atom. The second kappa shape index (κ2) is 5.07. The third kappa shape index (κ3) is 2.89. The quantitative estimate of drug-likeness (QED) is 0.592. The van der Waals surface area contributed by atoms with E-state index in [2.05, 4.69) is 5.10 Å². The molecule has 6 nitrogen and oxygen atoms in total. The number of carbonyl (C=O) groups is 1. The van der Waals surface area contributed by atoms with Crippen LogP contribution in [0.1, 0.15) is 32.1 Å². The molecule has 6 heteroatoms. The van der Waals surface area contributed by atoms with Crippen molar-refractivity contribution in [3.8, 4) is 0 Å². The van der Waals surface area contributed by atoms with Crippen molar-refractivity contribution in [2.45, 2.75) is 38.6 Å². The molecule has 0 spiro atoms. The van der Waals surface area contributed by atoms with E-state index in [1.54, 1.807) is 0 Å². The molecule has 1 aliphatic carbocycles. The van der Waals surface area contributed by atoms with Gasteiger partial charge in [-0.15, -0.1) is 0 Å². The third-order valence-corrected chi connectivity index (χ3v) is 3.19. The lowest BCUT2D eigenvalue weighted by atomic mass is 9.86. The molecule has 0 radical (unpaired) electrons. The SMILES string of the molecule is O=C(Cn1ccc([N+](=O)[O-])n1)C1CCCCC1. The highest BCUT2D eigenvalue weighted by Gasteiger charge is 2.22. The van der Waals surface area contributed by atoms with Crippen LogP contribution in [0.25, 0.3) is 0 Å². The summed E-state index contributed by atoms with van der Waals surface area (Å²) < 4.78 is 1.36. The first-order valence-corrected chi connectivity index (χ1v) is 5.87. The van der Waals surface area contributed by atoms with Crippen LogP contribution in [-0.2, 0) is 11.3 Å². The van der Waals surface area contributed by atoms with Crippen LogP contribution in [0, 0.1) is 16.0 Å². The summed E-state index contributed by atoms with van der Waals surface area (Å²) in [7, 11) is 0. The van der Waals surface area contributed by atoms with Crippen LogP contribution in [0.15, 0.2) is 12.3 Å². The molecule has 1 heterocycles. The number of carbonyl (C=O) groups excluding carboxylic acids is 1. The number of hydrogen-bond acceptors (Lipinski definition) is 4. The van der Waals surface area contributed by atoms with Crippen LogP contribution in [-0.4, -0.2) is 20.5 Å². The summed E-state index contributed by atoms with van der Waals surface area (Å²) in [5.41, 5.74) is 0. The smallest absolute Gasteiger partial charge is 0.358 e. The molecule has 1 saturated carbocycles. The minimum Gasteiger partial charge on any atom is -0.358 e. The molecule has 0 atom stereocenters. The van der Waals surface area contributed by atoms with Gasteiger partial charge in [0.25, 0.3) is 0 Å². The van der Waals surface area contributed by atoms with Gasteiger partial charge in [-0.05, 0) is 17.8 Å². The van der Waals surface area contributed by atoms with E-state index in [0.29, 0.717) is 0 Å². The zero-order valence-corrected chi connectivity index (χ0v) is 9.54. The topological polar surface area (TPSA) is 78.0 Å². The first-order valence-electron chi connectivity index (χ1n) is 5.87. The summed E-state index contributed by atoms with van der Waals surface area (Å²) in [5.74, 6) is 0.0520. The molecular formula is C11H15N3O3. The van der Waals surface area contributed by atoms with Crippen LogP contribution in [0.3, 0.4) is 0 Å². The molecule has 1 aromatic rings. The van der Waals surface area contributed by atoms with E-state index in [-0.39, 0.29) is 24.1 Å². The van der Waals surface area contributed by atoms with Crippen LogP contribution in [0.4, 0.5) is 5.82 Å². The molecule has 0 unspecified atom stereocenters. The lowest BCUT2D eigenvalue weighted by molar-refractivity contribution is -0.389. The molecule has 2 rings (SSSR count). The van der Waals surface area contributed by atoms with E-state index in [0.717, 1.165) is 25.7 Å². The van der Waals surface area contributed by atoms with Gasteiger partial charge in [-0.3, -0.25) is 4.79 Å². The molecule has 0 aromatic carbocycles. The van der Waals surface area contributed by atoms with E-state index < -0.39 is 4.92 Å². The van der Waals surface area contributed by atoms with Gasteiger partial charge in [0.15, 0.2) is 5.78 Å². The molecule has 17 heavy (non-hydrogen) atoms. The Bertz CT molecular complexity index is 421. The highest BCUT2D eigenvalue weighted by molar-refractivity contribution is 5.80. The molecule has 0 amide bonds. The number of nitro groups is 1. The Balaban J connectivity index is 1.94. The third-order valence-electron chi connectivity index (χ3n) is 3.19. The molecular weight excluding hydrogens is 222 g/mol. The molecule has 0 saturated heterocycles. The minimum absolute atomic E-state index is 0.118. The first-order chi connectivity index (χ1) is 8.16. The zero-order valence-electron chi connectivity index (χ0n) is 9.54. The fourth-order valence-electron chi connectivity index (χ4n) is 2.25. The van der Waals surface area contributed by atoms with Crippen molar-refractivity contribution < 1.29 is 9.72 Å². The summed E-state index contributed by atoms with van der Waals surface area (Å²) in [6.45, 7) is 0.151. The highest BCUT2D eigenvalue weighted by atomic mass is 16.6. The molecule has 1 aliphatic rings. The van der Waals surface area contributed by atoms with E-state index in [4.69, 9.17) is 0 Å². The Labute approximate surface area is 98.8 Å². The Hall–Kier alpha value is -1.72. The van der Waals surface area contributed by atoms with Gasteiger partial charge in [0.05, 0.1) is 17.4 Å². The molecule has 92 valence electrons. The average Bonchev–Trinajstić information content (AvgIpc) is 2.79. The number of aromatic nitrogens is 2. The highest BCUT2D eigenvalue weighted by Crippen LogP contribution is 2.24. The summed E-state index contributed by atoms with van der Waals surface area (Å²) in [6.07, 6.45) is 6.80. The van der Waals surface area contributed by atoms with Gasteiger partial charge in [0.2, 0.25) is 0 Å². The zero-order chi connectivity index (χ0) is 12.3. The fraction of sp³-hybridized carbons (Fsp3) is 0.636. The second-order valence-corrected chi connectivity index (χ2v) is 4.43. The lowest BCUT2D eigenvalue weighted by Gasteiger charge is -2.19. The lowest BCUT2D eigenvalue weighted by Crippen LogP contribution is -2.22. The van der Waals surface area contributed by atoms with Gasteiger partial charge in [-0.25, -0.2) is 0 Å². The minimum atomic E-state index is -0.554. The van der Waals surface area contributed by atoms with Crippen LogP contribution in [0.5, 0.6) is 0 Å². The average molecular weight is 237 g/mol. The fourth-order valence-corrected chi connectivity index (χ4v) is 2.25. The van der Waals surface area contributed by atoms with Gasteiger partial charge < -0.3 is 10.1 Å². The molecule has 1 fully saturated rings. The second-order valence-electron chi connectivity index (χ2n) is 4.43. The predicted octanol–water partition coefficient (Wildman–Crippen LogP) is 1.94. The Morgan fingerprint density at radius 3 is 2.76 bits per heavy atom. The van der Waals surface area contributed by atoms with Crippen LogP contribution in [0.2, 0.25) is 0 Å². The van der Waals surface area contributed by atoms with E-state index in [1.807, 2.05) is 0 Å². The largest absolute Gasteiger partial charge is 0.389 e. The van der Waals surface area contributed by atoms with Crippen molar-refractivity contribution in [2.24, 2.45) is 5.92 Å². The molecule has 1 aromatic heterocycles. The summed E-state index contributed by atoms with van der Waals surface area (Å²) in [4.78, 5) is 21.8. The number of hydrogen-bond donors (Lipinski definition) is 0. The first kappa shape index (κ1) is 11.8. The maximum atomic E-state index is 11.9. The van der Waals surface area contributed by atoms with E-state index in [1.165, 1.54) is 23.4 Å². The molecule has 0 bridgehead atoms. The summed E-state index contributed by atoms with van der Waals surface area (Å²) in [6, 6.07) is 1.31. The number of ketones is 1. The van der Waals surface area contributed by atoms with Gasteiger partial charge in [0.1, 0.15) is 6.54 Å². The number of nitrogens with zero attached hydrogens (tertiary/aromatic N) is 3. The van der Waals surface area contributed by atoms with Crippen molar-refractivity contribution in [2.75, 3.05) is 0 Å². The summed E-state index contributed by atoms with van der Waals surface area (Å²) in [5, 5.41) is 14.2. The van der Waals surface area contributed by atoms with Crippen molar-refractivity contribution in [3.05, 3.63) is 22.4 Å². The van der Waals surface area contributed by atoms with Crippen molar-refractivity contribution in [1.82, 2.24) is 9.78 Å². The maximum Gasteiger partial charge on any atom is 0.389 e. The van der Waals surface area contributed by atoms with Crippen LogP contribution < -0.4 is 0 Å². The normalized spacial score (nSPS) is 16.9. The van der Waals surface area contributed by atoms with E-state index >= 15 is 0 Å². The van der Waals surface area contributed by atoms with Crippen LogP contribution >= 0.6 is 0 Å². The van der Waals surface area contributed by atoms with Crippen molar-refractivity contribution in [1.29, 1.82) is 0 Å². The number of rotatable bonds is 4. The monoisotopic (exact) mass is 237 g/mol. The number of Topliss-reactive ketones (excluding diaryl/α,β-unsaturated/α-hetero) is 1. The standard InChI is InChI=1S/C11H15N3O3/c15-10(9-4-2-1-3-5-9)8-13-7-6-11(12-13)14(16)17/h6-7,9H,1-5,8H2. The van der Waals surface area contributed by atoms with Crippen molar-refractivity contribution in [3.63, 3.8) is 0 Å². The molecule has 0 N–H and O–H groups in total. The Morgan fingerprint density at radius 2 is 2.18 bits per heavy atom. The molecule has 0 aliphatic heterocycles. The van der Waals surface area contributed by atoms with Gasteiger partial charge in [-0.2, -0.15) is 4.68 Å².